The lowest BCUT2D eigenvalue weighted by molar-refractivity contribution is 0.0604. The maximum Gasteiger partial charge on any atom is 0.272 e. The van der Waals surface area contributed by atoms with Crippen molar-refractivity contribution < 1.29 is 4.79 Å². The van der Waals surface area contributed by atoms with Crippen molar-refractivity contribution in [1.29, 1.82) is 0 Å². The van der Waals surface area contributed by atoms with Crippen molar-refractivity contribution in [3.05, 3.63) is 42.1 Å². The third kappa shape index (κ3) is 3.10. The van der Waals surface area contributed by atoms with Gasteiger partial charge in [-0.15, -0.1) is 0 Å². The Morgan fingerprint density at radius 1 is 1.24 bits per heavy atom. The Morgan fingerprint density at radius 3 is 2.95 bits per heavy atom. The van der Waals surface area contributed by atoms with E-state index < -0.39 is 0 Å². The van der Waals surface area contributed by atoms with Gasteiger partial charge in [-0.3, -0.25) is 4.79 Å². The van der Waals surface area contributed by atoms with Crippen molar-refractivity contribution in [2.45, 2.75) is 31.7 Å². The van der Waals surface area contributed by atoms with Crippen molar-refractivity contribution in [1.82, 2.24) is 9.88 Å². The van der Waals surface area contributed by atoms with E-state index in [1.165, 1.54) is 6.42 Å². The molecule has 0 aliphatic carbocycles. The number of para-hydroxylation sites is 1. The second kappa shape index (κ2) is 6.56. The second-order valence-corrected chi connectivity index (χ2v) is 6.31. The molecule has 21 heavy (non-hydrogen) atoms. The molecule has 1 aromatic carbocycles. The number of piperidine rings is 1. The number of likely N-dealkylation sites (tertiary alicyclic amines) is 1. The van der Waals surface area contributed by atoms with E-state index in [1.807, 2.05) is 41.3 Å². The zero-order chi connectivity index (χ0) is 14.7. The molecule has 0 bridgehead atoms. The van der Waals surface area contributed by atoms with Gasteiger partial charge in [0.25, 0.3) is 5.91 Å². The highest BCUT2D eigenvalue weighted by Crippen LogP contribution is 2.23. The lowest BCUT2D eigenvalue weighted by Crippen LogP contribution is -2.44. The van der Waals surface area contributed by atoms with Gasteiger partial charge in [0.2, 0.25) is 0 Å². The number of alkyl halides is 1. The first-order valence-electron chi connectivity index (χ1n) is 7.52. The highest BCUT2D eigenvalue weighted by molar-refractivity contribution is 9.09. The molecule has 0 radical (unpaired) electrons. The molecule has 110 valence electrons. The Kier molecular flexibility index (Phi) is 4.54. The zero-order valence-electron chi connectivity index (χ0n) is 12.0. The highest BCUT2D eigenvalue weighted by atomic mass is 79.9. The zero-order valence-corrected chi connectivity index (χ0v) is 13.6. The third-order valence-corrected chi connectivity index (χ3v) is 4.61. The maximum atomic E-state index is 12.8. The molecule has 0 spiro atoms. The number of rotatable bonds is 3. The lowest BCUT2D eigenvalue weighted by atomic mass is 9.99. The number of fused-ring (bicyclic) bond motifs is 1. The van der Waals surface area contributed by atoms with Crippen LogP contribution in [0.15, 0.2) is 36.4 Å². The van der Waals surface area contributed by atoms with Crippen molar-refractivity contribution in [3.63, 3.8) is 0 Å². The van der Waals surface area contributed by atoms with Gasteiger partial charge in [-0.1, -0.05) is 40.2 Å². The number of pyridine rings is 1. The first-order chi connectivity index (χ1) is 10.3. The van der Waals surface area contributed by atoms with Crippen LogP contribution in [0.5, 0.6) is 0 Å². The van der Waals surface area contributed by atoms with Crippen LogP contribution in [0, 0.1) is 0 Å². The number of halogens is 1. The Balaban J connectivity index is 1.87. The summed E-state index contributed by atoms with van der Waals surface area (Å²) in [4.78, 5) is 19.3. The van der Waals surface area contributed by atoms with Crippen LogP contribution < -0.4 is 0 Å². The fourth-order valence-corrected chi connectivity index (χ4v) is 3.55. The predicted molar refractivity (Wildman–Crippen MR) is 88.8 cm³/mol. The van der Waals surface area contributed by atoms with E-state index in [0.29, 0.717) is 11.7 Å². The van der Waals surface area contributed by atoms with Crippen LogP contribution in [0.3, 0.4) is 0 Å². The normalized spacial score (nSPS) is 18.9. The van der Waals surface area contributed by atoms with Crippen LogP contribution in [-0.4, -0.2) is 33.7 Å². The van der Waals surface area contributed by atoms with Crippen molar-refractivity contribution >= 4 is 32.7 Å². The van der Waals surface area contributed by atoms with Gasteiger partial charge in [0.1, 0.15) is 5.69 Å². The minimum Gasteiger partial charge on any atom is -0.334 e. The summed E-state index contributed by atoms with van der Waals surface area (Å²) in [6.45, 7) is 0.852. The van der Waals surface area contributed by atoms with Gasteiger partial charge >= 0.3 is 0 Å². The van der Waals surface area contributed by atoms with E-state index in [0.717, 1.165) is 42.0 Å². The van der Waals surface area contributed by atoms with Gasteiger partial charge in [0.15, 0.2) is 0 Å². The molecule has 0 saturated carbocycles. The summed E-state index contributed by atoms with van der Waals surface area (Å²) in [5.74, 6) is 0.0754. The van der Waals surface area contributed by atoms with Gasteiger partial charge in [-0.2, -0.15) is 0 Å². The van der Waals surface area contributed by atoms with Crippen molar-refractivity contribution in [2.24, 2.45) is 0 Å². The molecule has 4 heteroatoms. The van der Waals surface area contributed by atoms with Gasteiger partial charge in [-0.25, -0.2) is 4.98 Å². The Labute approximate surface area is 133 Å². The fraction of sp³-hybridized carbons (Fsp3) is 0.412. The van der Waals surface area contributed by atoms with Crippen LogP contribution in [0.2, 0.25) is 0 Å². The summed E-state index contributed by atoms with van der Waals surface area (Å²) in [5, 5.41) is 2.01. The molecular weight excluding hydrogens is 328 g/mol. The predicted octanol–water partition coefficient (Wildman–Crippen LogP) is 4.01. The summed E-state index contributed by atoms with van der Waals surface area (Å²) in [6, 6.07) is 12.1. The number of benzene rings is 1. The topological polar surface area (TPSA) is 33.2 Å². The molecule has 0 N–H and O–H groups in total. The Morgan fingerprint density at radius 2 is 2.10 bits per heavy atom. The summed E-state index contributed by atoms with van der Waals surface area (Å²) in [5.41, 5.74) is 1.45. The molecule has 1 aliphatic rings. The number of carbonyl (C=O) groups is 1. The van der Waals surface area contributed by atoms with E-state index in [-0.39, 0.29) is 5.91 Å². The second-order valence-electron chi connectivity index (χ2n) is 5.52. The Hall–Kier alpha value is -1.42. The fourth-order valence-electron chi connectivity index (χ4n) is 3.03. The number of carbonyl (C=O) groups excluding carboxylic acids is 1. The van der Waals surface area contributed by atoms with E-state index in [2.05, 4.69) is 20.9 Å². The summed E-state index contributed by atoms with van der Waals surface area (Å²) >= 11 is 3.50. The lowest BCUT2D eigenvalue weighted by Gasteiger charge is -2.35. The molecular formula is C17H19BrN2O. The first-order valence-corrected chi connectivity index (χ1v) is 8.64. The van der Waals surface area contributed by atoms with Crippen LogP contribution in [-0.2, 0) is 0 Å². The quantitative estimate of drug-likeness (QED) is 0.786. The van der Waals surface area contributed by atoms with Crippen LogP contribution in [0.1, 0.15) is 36.2 Å². The smallest absolute Gasteiger partial charge is 0.272 e. The Bertz CT molecular complexity index is 641. The van der Waals surface area contributed by atoms with E-state index in [4.69, 9.17) is 0 Å². The first kappa shape index (κ1) is 14.5. The summed E-state index contributed by atoms with van der Waals surface area (Å²) in [7, 11) is 0. The number of hydrogen-bond donors (Lipinski definition) is 0. The standard InChI is InChI=1S/C17H19BrN2O/c18-11-10-14-6-3-4-12-20(14)17(21)16-9-8-13-5-1-2-7-15(13)19-16/h1-2,5,7-9,14H,3-4,6,10-12H2. The van der Waals surface area contributed by atoms with E-state index >= 15 is 0 Å². The van der Waals surface area contributed by atoms with Gasteiger partial charge in [0.05, 0.1) is 5.52 Å². The molecule has 1 aromatic heterocycles. The number of hydrogen-bond acceptors (Lipinski definition) is 2. The van der Waals surface area contributed by atoms with E-state index in [1.54, 1.807) is 0 Å². The largest absolute Gasteiger partial charge is 0.334 e. The average Bonchev–Trinajstić information content (AvgIpc) is 2.54. The average molecular weight is 347 g/mol. The van der Waals surface area contributed by atoms with Gasteiger partial charge in [-0.05, 0) is 37.8 Å². The van der Waals surface area contributed by atoms with Crippen LogP contribution in [0.4, 0.5) is 0 Å². The molecule has 1 unspecified atom stereocenters. The molecule has 1 fully saturated rings. The maximum absolute atomic E-state index is 12.8. The summed E-state index contributed by atoms with van der Waals surface area (Å²) in [6.07, 6.45) is 4.43. The number of aromatic nitrogens is 1. The molecule has 2 heterocycles. The monoisotopic (exact) mass is 346 g/mol. The number of nitrogens with zero attached hydrogens (tertiary/aromatic N) is 2. The number of amides is 1. The van der Waals surface area contributed by atoms with Crippen molar-refractivity contribution in [2.75, 3.05) is 11.9 Å². The molecule has 1 atom stereocenters. The minimum absolute atomic E-state index is 0.0754. The molecule has 3 nitrogen and oxygen atoms in total. The van der Waals surface area contributed by atoms with E-state index in [9.17, 15) is 4.79 Å². The minimum atomic E-state index is 0.0754. The van der Waals surface area contributed by atoms with Crippen LogP contribution in [0.25, 0.3) is 10.9 Å². The molecule has 1 amide bonds. The SMILES string of the molecule is O=C(c1ccc2ccccc2n1)N1CCCCC1CCBr. The third-order valence-electron chi connectivity index (χ3n) is 4.15. The van der Waals surface area contributed by atoms with Gasteiger partial charge < -0.3 is 4.90 Å². The van der Waals surface area contributed by atoms with Crippen LogP contribution >= 0.6 is 15.9 Å². The molecule has 2 aromatic rings. The summed E-state index contributed by atoms with van der Waals surface area (Å²) < 4.78 is 0. The highest BCUT2D eigenvalue weighted by Gasteiger charge is 2.27. The van der Waals surface area contributed by atoms with Gasteiger partial charge in [0, 0.05) is 23.3 Å². The molecule has 1 saturated heterocycles. The molecule has 1 aliphatic heterocycles. The molecule has 3 rings (SSSR count). The van der Waals surface area contributed by atoms with Crippen molar-refractivity contribution in [3.8, 4) is 0 Å².